The third-order valence-corrected chi connectivity index (χ3v) is 5.10. The van der Waals surface area contributed by atoms with Crippen LogP contribution in [0, 0.1) is 46.7 Å². The topological polar surface area (TPSA) is 0 Å². The Hall–Kier alpha value is -3.72. The first kappa shape index (κ1) is 21.5. The summed E-state index contributed by atoms with van der Waals surface area (Å²) >= 11 is 0. The lowest BCUT2D eigenvalue weighted by molar-refractivity contribution is 0.453. The molecule has 0 saturated heterocycles. The maximum absolute atomic E-state index is 14.6. The summed E-state index contributed by atoms with van der Waals surface area (Å²) in [6, 6.07) is 11.1. The van der Waals surface area contributed by atoms with Gasteiger partial charge in [0.25, 0.3) is 0 Å². The number of hydrogen-bond donors (Lipinski definition) is 0. The molecular weight excluding hydrogens is 426 g/mol. The fourth-order valence-corrected chi connectivity index (χ4v) is 3.38. The Morgan fingerprint density at radius 1 is 0.656 bits per heavy atom. The molecule has 32 heavy (non-hydrogen) atoms. The minimum atomic E-state index is -1.58. The molecule has 0 aromatic heterocycles. The summed E-state index contributed by atoms with van der Waals surface area (Å²) < 4.78 is 84.1. The maximum Gasteiger partial charge on any atom is 0.195 e. The molecule has 0 atom stereocenters. The van der Waals surface area contributed by atoms with Gasteiger partial charge in [-0.25, -0.2) is 26.3 Å². The number of rotatable bonds is 2. The van der Waals surface area contributed by atoms with Crippen LogP contribution < -0.4 is 0 Å². The highest BCUT2D eigenvalue weighted by atomic mass is 19.2. The van der Waals surface area contributed by atoms with Crippen LogP contribution in [0.15, 0.2) is 54.6 Å². The maximum atomic E-state index is 14.6. The van der Waals surface area contributed by atoms with Gasteiger partial charge in [-0.15, -0.1) is 0 Å². The van der Waals surface area contributed by atoms with Gasteiger partial charge in [-0.1, -0.05) is 37.0 Å². The van der Waals surface area contributed by atoms with E-state index in [2.05, 4.69) is 11.8 Å². The number of aryl methyl sites for hydroxylation is 1. The molecule has 0 nitrogen and oxygen atoms in total. The minimum absolute atomic E-state index is 0.0318. The van der Waals surface area contributed by atoms with E-state index in [1.165, 1.54) is 30.3 Å². The van der Waals surface area contributed by atoms with E-state index in [1.54, 1.807) is 6.07 Å². The van der Waals surface area contributed by atoms with Gasteiger partial charge in [0.15, 0.2) is 17.5 Å². The molecule has 0 radical (unpaired) electrons. The average molecular weight is 440 g/mol. The summed E-state index contributed by atoms with van der Waals surface area (Å²) in [5.41, 5.74) is 0.533. The monoisotopic (exact) mass is 440 g/mol. The van der Waals surface area contributed by atoms with Crippen LogP contribution in [0.1, 0.15) is 23.6 Å². The van der Waals surface area contributed by atoms with Crippen LogP contribution in [-0.4, -0.2) is 0 Å². The predicted molar refractivity (Wildman–Crippen MR) is 111 cm³/mol. The molecule has 0 saturated carbocycles. The minimum Gasteiger partial charge on any atom is -0.206 e. The van der Waals surface area contributed by atoms with Gasteiger partial charge in [-0.05, 0) is 59.3 Å². The highest BCUT2D eigenvalue weighted by Crippen LogP contribution is 2.28. The number of fused-ring (bicyclic) bond motifs is 1. The van der Waals surface area contributed by atoms with E-state index in [-0.39, 0.29) is 27.5 Å². The lowest BCUT2D eigenvalue weighted by Crippen LogP contribution is -1.95. The molecule has 0 unspecified atom stereocenters. The first-order valence-corrected chi connectivity index (χ1v) is 9.65. The SMILES string of the molecule is CCc1ccc(-c2cc(F)c(C#Cc3ccc4c(F)c(F)c(F)cc4c3)c(F)c2)c(F)c1. The van der Waals surface area contributed by atoms with Crippen molar-refractivity contribution in [3.63, 3.8) is 0 Å². The fourth-order valence-electron chi connectivity index (χ4n) is 3.38. The van der Waals surface area contributed by atoms with Crippen LogP contribution in [0.4, 0.5) is 26.3 Å². The van der Waals surface area contributed by atoms with Gasteiger partial charge in [-0.2, -0.15) is 0 Å². The molecule has 0 N–H and O–H groups in total. The first-order valence-electron chi connectivity index (χ1n) is 9.65. The molecular formula is C26H14F6. The normalized spacial score (nSPS) is 10.8. The second kappa shape index (κ2) is 8.43. The molecule has 0 bridgehead atoms. The van der Waals surface area contributed by atoms with Crippen LogP contribution in [0.5, 0.6) is 0 Å². The van der Waals surface area contributed by atoms with Crippen molar-refractivity contribution in [1.82, 2.24) is 0 Å². The van der Waals surface area contributed by atoms with Crippen LogP contribution in [0.25, 0.3) is 21.9 Å². The average Bonchev–Trinajstić information content (AvgIpc) is 2.76. The van der Waals surface area contributed by atoms with E-state index < -0.39 is 40.5 Å². The first-order chi connectivity index (χ1) is 15.3. The number of benzene rings is 4. The number of halogens is 6. The summed E-state index contributed by atoms with van der Waals surface area (Å²) in [6.45, 7) is 1.86. The zero-order valence-electron chi connectivity index (χ0n) is 16.7. The molecule has 0 amide bonds. The van der Waals surface area contributed by atoms with Crippen LogP contribution in [0.3, 0.4) is 0 Å². The zero-order valence-corrected chi connectivity index (χ0v) is 16.7. The molecule has 0 aliphatic rings. The number of hydrogen-bond acceptors (Lipinski definition) is 0. The van der Waals surface area contributed by atoms with E-state index in [0.29, 0.717) is 6.42 Å². The Labute approximate surface area is 180 Å². The molecule has 160 valence electrons. The largest absolute Gasteiger partial charge is 0.206 e. The molecule has 0 fully saturated rings. The molecule has 4 aromatic carbocycles. The Morgan fingerprint density at radius 3 is 2.03 bits per heavy atom. The lowest BCUT2D eigenvalue weighted by Gasteiger charge is -2.07. The summed E-state index contributed by atoms with van der Waals surface area (Å²) in [6.07, 6.45) is 0.622. The van der Waals surface area contributed by atoms with Crippen LogP contribution in [0.2, 0.25) is 0 Å². The van der Waals surface area contributed by atoms with E-state index in [0.717, 1.165) is 23.8 Å². The van der Waals surface area contributed by atoms with Crippen molar-refractivity contribution in [1.29, 1.82) is 0 Å². The third kappa shape index (κ3) is 3.94. The van der Waals surface area contributed by atoms with E-state index >= 15 is 0 Å². The summed E-state index contributed by atoms with van der Waals surface area (Å²) in [5, 5.41) is -0.0947. The van der Waals surface area contributed by atoms with Gasteiger partial charge in [0.1, 0.15) is 17.5 Å². The van der Waals surface area contributed by atoms with Gasteiger partial charge >= 0.3 is 0 Å². The van der Waals surface area contributed by atoms with Crippen LogP contribution >= 0.6 is 0 Å². The standard InChI is InChI=1S/C26H14F6/c1-2-14-3-6-18(21(27)10-14)17-11-22(28)20(23(29)12-17)8-5-15-4-7-19-16(9-15)13-24(30)26(32)25(19)31/h3-4,6-7,9-13H,2H2,1H3. The lowest BCUT2D eigenvalue weighted by atomic mass is 10.00. The summed E-state index contributed by atoms with van der Waals surface area (Å²) in [5.74, 6) is -1.92. The molecule has 0 aliphatic carbocycles. The van der Waals surface area contributed by atoms with Crippen LogP contribution in [-0.2, 0) is 6.42 Å². The Kier molecular flexibility index (Phi) is 5.67. The van der Waals surface area contributed by atoms with E-state index in [9.17, 15) is 26.3 Å². The predicted octanol–water partition coefficient (Wildman–Crippen LogP) is 7.30. The highest BCUT2D eigenvalue weighted by molar-refractivity contribution is 5.84. The molecule has 4 rings (SSSR count). The smallest absolute Gasteiger partial charge is 0.195 e. The Morgan fingerprint density at radius 2 is 1.38 bits per heavy atom. The van der Waals surface area contributed by atoms with Gasteiger partial charge < -0.3 is 0 Å². The molecule has 0 heterocycles. The fraction of sp³-hybridized carbons (Fsp3) is 0.0769. The Balaban J connectivity index is 1.72. The summed E-state index contributed by atoms with van der Waals surface area (Å²) in [4.78, 5) is 0. The van der Waals surface area contributed by atoms with Crippen molar-refractivity contribution < 1.29 is 26.3 Å². The highest BCUT2D eigenvalue weighted by Gasteiger charge is 2.15. The zero-order chi connectivity index (χ0) is 23.0. The van der Waals surface area contributed by atoms with Gasteiger partial charge in [0, 0.05) is 16.5 Å². The molecule has 0 spiro atoms. The van der Waals surface area contributed by atoms with Crippen molar-refractivity contribution in [2.24, 2.45) is 0 Å². The van der Waals surface area contributed by atoms with Crippen molar-refractivity contribution in [2.75, 3.05) is 0 Å². The Bertz CT molecular complexity index is 1400. The third-order valence-electron chi connectivity index (χ3n) is 5.10. The van der Waals surface area contributed by atoms with Gasteiger partial charge in [0.2, 0.25) is 0 Å². The van der Waals surface area contributed by atoms with Crippen molar-refractivity contribution >= 4 is 10.8 Å². The van der Waals surface area contributed by atoms with Crippen molar-refractivity contribution in [2.45, 2.75) is 13.3 Å². The van der Waals surface area contributed by atoms with Crippen molar-refractivity contribution in [3.05, 3.63) is 106 Å². The quantitative estimate of drug-likeness (QED) is 0.174. The van der Waals surface area contributed by atoms with Gasteiger partial charge in [-0.3, -0.25) is 0 Å². The van der Waals surface area contributed by atoms with Gasteiger partial charge in [0.05, 0.1) is 5.56 Å². The molecule has 4 aromatic rings. The van der Waals surface area contributed by atoms with Crippen molar-refractivity contribution in [3.8, 4) is 23.0 Å². The molecule has 6 heteroatoms. The summed E-state index contributed by atoms with van der Waals surface area (Å²) in [7, 11) is 0. The molecule has 0 aliphatic heterocycles. The van der Waals surface area contributed by atoms with E-state index in [4.69, 9.17) is 0 Å². The van der Waals surface area contributed by atoms with E-state index in [1.807, 2.05) is 6.92 Å². The second-order valence-corrected chi connectivity index (χ2v) is 7.15. The second-order valence-electron chi connectivity index (χ2n) is 7.15.